The predicted octanol–water partition coefficient (Wildman–Crippen LogP) is 2.89. The molecule has 0 nitrogen and oxygen atoms in total. The van der Waals surface area contributed by atoms with Crippen molar-refractivity contribution < 1.29 is 0 Å². The van der Waals surface area contributed by atoms with E-state index in [-0.39, 0.29) is 5.41 Å². The third-order valence-electron chi connectivity index (χ3n) is 2.80. The monoisotopic (exact) mass is 396 g/mol. The van der Waals surface area contributed by atoms with E-state index in [1.54, 1.807) is 7.55 Å². The molecule has 17 heavy (non-hydrogen) atoms. The van der Waals surface area contributed by atoms with Crippen LogP contribution in [0.1, 0.15) is 23.6 Å². The molecule has 0 N–H and O–H groups in total. The fourth-order valence-electron chi connectivity index (χ4n) is 1.65. The molecule has 2 aromatic heterocycles. The first-order valence-electron chi connectivity index (χ1n) is 5.36. The van der Waals surface area contributed by atoms with Crippen molar-refractivity contribution in [3.05, 3.63) is 34.0 Å². The molecule has 0 bridgehead atoms. The van der Waals surface area contributed by atoms with Crippen LogP contribution < -0.4 is 7.55 Å². The maximum atomic E-state index is 2.35. The minimum atomic E-state index is 0.183. The third-order valence-corrected chi connectivity index (χ3v) is 10.2. The molecule has 0 aliphatic carbocycles. The second-order valence-electron chi connectivity index (χ2n) is 4.27. The van der Waals surface area contributed by atoms with E-state index in [1.807, 2.05) is 22.7 Å². The molecule has 0 aromatic carbocycles. The van der Waals surface area contributed by atoms with Crippen LogP contribution in [0.15, 0.2) is 24.3 Å². The summed E-state index contributed by atoms with van der Waals surface area (Å²) in [4.78, 5) is 3.02. The Hall–Kier alpha value is 0.439. The van der Waals surface area contributed by atoms with Crippen molar-refractivity contribution in [2.75, 3.05) is 0 Å². The van der Waals surface area contributed by atoms with Crippen LogP contribution in [-0.4, -0.2) is 29.9 Å². The van der Waals surface area contributed by atoms with E-state index in [0.717, 1.165) is 0 Å². The molecule has 0 aliphatic rings. The molecule has 0 spiro atoms. The third kappa shape index (κ3) is 2.89. The van der Waals surface area contributed by atoms with Gasteiger partial charge in [0, 0.05) is 0 Å². The zero-order valence-electron chi connectivity index (χ0n) is 10.4. The summed E-state index contributed by atoms with van der Waals surface area (Å²) >= 11 is 5.24. The quantitative estimate of drug-likeness (QED) is 0.700. The van der Waals surface area contributed by atoms with Gasteiger partial charge in [0.05, 0.1) is 0 Å². The van der Waals surface area contributed by atoms with Crippen LogP contribution in [0.25, 0.3) is 0 Å². The van der Waals surface area contributed by atoms with Gasteiger partial charge in [-0.3, -0.25) is 0 Å². The van der Waals surface area contributed by atoms with Gasteiger partial charge in [0.1, 0.15) is 0 Å². The fourth-order valence-corrected chi connectivity index (χ4v) is 6.63. The summed E-state index contributed by atoms with van der Waals surface area (Å²) in [6.45, 7) is 4.70. The van der Waals surface area contributed by atoms with Crippen molar-refractivity contribution in [1.29, 1.82) is 0 Å². The first kappa shape index (κ1) is 13.9. The van der Waals surface area contributed by atoms with E-state index in [9.17, 15) is 0 Å². The van der Waals surface area contributed by atoms with E-state index < -0.39 is 0 Å². The van der Waals surface area contributed by atoms with Gasteiger partial charge in [-0.2, -0.15) is 0 Å². The van der Waals surface area contributed by atoms with E-state index in [2.05, 4.69) is 49.8 Å². The average Bonchev–Trinajstić information content (AvgIpc) is 2.98. The molecule has 0 radical (unpaired) electrons. The summed E-state index contributed by atoms with van der Waals surface area (Å²) in [6, 6.07) is 9.25. The van der Waals surface area contributed by atoms with Gasteiger partial charge in [-0.25, -0.2) is 0 Å². The SMILES string of the molecule is C[Se]c1ccc(C(C)(C)c2ccc([Se]C)s2)s1. The molecule has 0 saturated heterocycles. The molecule has 0 aliphatic heterocycles. The summed E-state index contributed by atoms with van der Waals surface area (Å²) in [6.07, 6.45) is 0. The Morgan fingerprint density at radius 1 is 0.824 bits per heavy atom. The molecular formula is C13H16S2Se2. The minimum absolute atomic E-state index is 0.183. The molecule has 0 unspecified atom stereocenters. The van der Waals surface area contributed by atoms with Gasteiger partial charge >= 0.3 is 125 Å². The summed E-state index contributed by atoms with van der Waals surface area (Å²) in [5.41, 5.74) is 0.183. The van der Waals surface area contributed by atoms with Crippen molar-refractivity contribution in [1.82, 2.24) is 0 Å². The molecule has 2 heterocycles. The van der Waals surface area contributed by atoms with Crippen LogP contribution in [-0.2, 0) is 5.41 Å². The summed E-state index contributed by atoms with van der Waals surface area (Å²) < 4.78 is 3.11. The molecule has 92 valence electrons. The van der Waals surface area contributed by atoms with Gasteiger partial charge in [0.25, 0.3) is 0 Å². The Kier molecular flexibility index (Phi) is 4.57. The van der Waals surface area contributed by atoms with Crippen molar-refractivity contribution >= 4 is 60.1 Å². The number of hydrogen-bond acceptors (Lipinski definition) is 2. The first-order valence-corrected chi connectivity index (χ1v) is 12.1. The van der Waals surface area contributed by atoms with Gasteiger partial charge in [-0.15, -0.1) is 0 Å². The maximum absolute atomic E-state index is 2.35. The zero-order valence-corrected chi connectivity index (χ0v) is 15.5. The normalized spacial score (nSPS) is 12.0. The van der Waals surface area contributed by atoms with E-state index in [4.69, 9.17) is 0 Å². The summed E-state index contributed by atoms with van der Waals surface area (Å²) in [5, 5.41) is 0. The molecular weight excluding hydrogens is 378 g/mol. The predicted molar refractivity (Wildman–Crippen MR) is 83.3 cm³/mol. The standard InChI is InChI=1S/C13H16S2Se2/c1-13(2,9-5-7-11(14-9)16-3)10-6-8-12(15-10)17-4/h5-8H,1-4H3. The van der Waals surface area contributed by atoms with Crippen LogP contribution in [0.3, 0.4) is 0 Å². The number of rotatable bonds is 4. The van der Waals surface area contributed by atoms with E-state index in [0.29, 0.717) is 29.9 Å². The molecule has 4 heteroatoms. The molecule has 0 amide bonds. The Morgan fingerprint density at radius 3 is 1.53 bits per heavy atom. The van der Waals surface area contributed by atoms with Gasteiger partial charge in [-0.1, -0.05) is 0 Å². The Morgan fingerprint density at radius 2 is 1.24 bits per heavy atom. The summed E-state index contributed by atoms with van der Waals surface area (Å²) in [7, 11) is 0. The number of thiophene rings is 2. The van der Waals surface area contributed by atoms with Crippen molar-refractivity contribution in [3.8, 4) is 0 Å². The van der Waals surface area contributed by atoms with E-state index >= 15 is 0 Å². The summed E-state index contributed by atoms with van der Waals surface area (Å²) in [5.74, 6) is 4.58. The molecule has 2 rings (SSSR count). The van der Waals surface area contributed by atoms with Crippen LogP contribution >= 0.6 is 22.7 Å². The van der Waals surface area contributed by atoms with Crippen LogP contribution in [0, 0.1) is 0 Å². The fraction of sp³-hybridized carbons (Fsp3) is 0.385. The van der Waals surface area contributed by atoms with Crippen LogP contribution in [0.2, 0.25) is 11.6 Å². The average molecular weight is 394 g/mol. The molecule has 0 atom stereocenters. The second-order valence-corrected chi connectivity index (χ2v) is 11.2. The van der Waals surface area contributed by atoms with Gasteiger partial charge < -0.3 is 0 Å². The first-order chi connectivity index (χ1) is 8.07. The molecule has 2 aromatic rings. The molecule has 0 saturated carbocycles. The van der Waals surface area contributed by atoms with Crippen molar-refractivity contribution in [3.63, 3.8) is 0 Å². The Bertz CT molecular complexity index is 453. The topological polar surface area (TPSA) is 0 Å². The Balaban J connectivity index is 2.34. The zero-order chi connectivity index (χ0) is 12.5. The van der Waals surface area contributed by atoms with Gasteiger partial charge in [0.2, 0.25) is 0 Å². The van der Waals surface area contributed by atoms with Crippen molar-refractivity contribution in [2.24, 2.45) is 0 Å². The van der Waals surface area contributed by atoms with E-state index in [1.165, 1.54) is 9.75 Å². The Labute approximate surface area is 124 Å². The van der Waals surface area contributed by atoms with Crippen LogP contribution in [0.4, 0.5) is 0 Å². The van der Waals surface area contributed by atoms with Crippen molar-refractivity contribution in [2.45, 2.75) is 30.9 Å². The second kappa shape index (κ2) is 5.61. The van der Waals surface area contributed by atoms with Crippen LogP contribution in [0.5, 0.6) is 0 Å². The van der Waals surface area contributed by atoms with Gasteiger partial charge in [0.15, 0.2) is 0 Å². The molecule has 0 fully saturated rings. The van der Waals surface area contributed by atoms with Gasteiger partial charge in [-0.05, 0) is 0 Å². The number of hydrogen-bond donors (Lipinski definition) is 0.